The van der Waals surface area contributed by atoms with Crippen molar-refractivity contribution in [1.29, 1.82) is 0 Å². The number of ether oxygens (including phenoxy) is 1. The summed E-state index contributed by atoms with van der Waals surface area (Å²) < 4.78 is 43.5. The minimum absolute atomic E-state index is 0.525. The summed E-state index contributed by atoms with van der Waals surface area (Å²) in [5, 5.41) is 3.30. The molecule has 1 aromatic heterocycles. The summed E-state index contributed by atoms with van der Waals surface area (Å²) in [6.45, 7) is 6.38. The molecule has 0 saturated carbocycles. The van der Waals surface area contributed by atoms with Crippen molar-refractivity contribution in [2.24, 2.45) is 0 Å². The molecule has 0 bridgehead atoms. The van der Waals surface area contributed by atoms with Gasteiger partial charge < -0.3 is 10.5 Å². The maximum atomic E-state index is 12.5. The fourth-order valence-corrected chi connectivity index (χ4v) is 1.32. The standard InChI is InChI=1S/C11H16F3N3O2/c1-6(9(18)19-10(2,3)4)17-5-7(15)8(16-17)11(12,13)14/h5-6H,15H2,1-4H3. The maximum absolute atomic E-state index is 12.5. The topological polar surface area (TPSA) is 70.1 Å². The number of nitrogens with zero attached hydrogens (tertiary/aromatic N) is 2. The second kappa shape index (κ2) is 4.75. The fraction of sp³-hybridized carbons (Fsp3) is 0.636. The zero-order chi connectivity index (χ0) is 15.0. The largest absolute Gasteiger partial charge is 0.458 e. The summed E-state index contributed by atoms with van der Waals surface area (Å²) in [4.78, 5) is 11.7. The van der Waals surface area contributed by atoms with Gasteiger partial charge in [0, 0.05) is 6.20 Å². The molecule has 0 aliphatic carbocycles. The smallest absolute Gasteiger partial charge is 0.437 e. The first-order valence-corrected chi connectivity index (χ1v) is 5.56. The van der Waals surface area contributed by atoms with Gasteiger partial charge in [-0.25, -0.2) is 4.79 Å². The van der Waals surface area contributed by atoms with Gasteiger partial charge in [-0.1, -0.05) is 0 Å². The Labute approximate surface area is 108 Å². The molecule has 0 saturated heterocycles. The lowest BCUT2D eigenvalue weighted by molar-refractivity contribution is -0.159. The number of carbonyl (C=O) groups is 1. The zero-order valence-corrected chi connectivity index (χ0v) is 11.1. The van der Waals surface area contributed by atoms with E-state index < -0.39 is 35.2 Å². The van der Waals surface area contributed by atoms with Crippen LogP contribution in [-0.2, 0) is 15.7 Å². The molecule has 1 rings (SSSR count). The molecule has 2 N–H and O–H groups in total. The van der Waals surface area contributed by atoms with E-state index in [1.807, 2.05) is 0 Å². The van der Waals surface area contributed by atoms with E-state index in [2.05, 4.69) is 5.10 Å². The first kappa shape index (κ1) is 15.3. The molecule has 0 radical (unpaired) electrons. The molecule has 0 aliphatic heterocycles. The van der Waals surface area contributed by atoms with Crippen LogP contribution < -0.4 is 5.73 Å². The van der Waals surface area contributed by atoms with Crippen molar-refractivity contribution in [2.75, 3.05) is 5.73 Å². The van der Waals surface area contributed by atoms with E-state index in [0.29, 0.717) is 0 Å². The Balaban J connectivity index is 2.96. The van der Waals surface area contributed by atoms with Crippen molar-refractivity contribution < 1.29 is 22.7 Å². The Morgan fingerprint density at radius 2 is 1.95 bits per heavy atom. The molecular weight excluding hydrogens is 263 g/mol. The summed E-state index contributed by atoms with van der Waals surface area (Å²) in [5.41, 5.74) is 2.78. The van der Waals surface area contributed by atoms with Crippen LogP contribution in [-0.4, -0.2) is 21.4 Å². The highest BCUT2D eigenvalue weighted by Crippen LogP contribution is 2.32. The van der Waals surface area contributed by atoms with E-state index >= 15 is 0 Å². The second-order valence-electron chi connectivity index (χ2n) is 5.12. The van der Waals surface area contributed by atoms with E-state index in [-0.39, 0.29) is 0 Å². The molecule has 1 atom stereocenters. The number of hydrogen-bond acceptors (Lipinski definition) is 4. The molecule has 0 fully saturated rings. The number of esters is 1. The van der Waals surface area contributed by atoms with Crippen LogP contribution in [0.15, 0.2) is 6.20 Å². The van der Waals surface area contributed by atoms with Gasteiger partial charge in [-0.15, -0.1) is 0 Å². The van der Waals surface area contributed by atoms with Crippen LogP contribution in [0, 0.1) is 0 Å². The molecule has 19 heavy (non-hydrogen) atoms. The highest BCUT2D eigenvalue weighted by Gasteiger charge is 2.37. The summed E-state index contributed by atoms with van der Waals surface area (Å²) in [6, 6.07) is -0.988. The number of rotatable bonds is 2. The van der Waals surface area contributed by atoms with Crippen LogP contribution in [0.5, 0.6) is 0 Å². The van der Waals surface area contributed by atoms with Gasteiger partial charge in [0.1, 0.15) is 11.6 Å². The van der Waals surface area contributed by atoms with Gasteiger partial charge in [-0.2, -0.15) is 18.3 Å². The zero-order valence-electron chi connectivity index (χ0n) is 11.1. The number of halogens is 3. The Hall–Kier alpha value is -1.73. The number of aromatic nitrogens is 2. The van der Waals surface area contributed by atoms with Gasteiger partial charge in [0.15, 0.2) is 5.69 Å². The Bertz CT molecular complexity index is 475. The lowest BCUT2D eigenvalue weighted by Crippen LogP contribution is -2.29. The van der Waals surface area contributed by atoms with Crippen molar-refractivity contribution in [2.45, 2.75) is 45.5 Å². The van der Waals surface area contributed by atoms with Gasteiger partial charge in [0.2, 0.25) is 0 Å². The quantitative estimate of drug-likeness (QED) is 0.844. The SMILES string of the molecule is CC(C(=O)OC(C)(C)C)n1cc(N)c(C(F)(F)F)n1. The summed E-state index contributed by atoms with van der Waals surface area (Å²) in [5.74, 6) is -0.677. The molecule has 1 heterocycles. The molecule has 5 nitrogen and oxygen atoms in total. The lowest BCUT2D eigenvalue weighted by Gasteiger charge is -2.22. The number of anilines is 1. The van der Waals surface area contributed by atoms with Crippen LogP contribution in [0.25, 0.3) is 0 Å². The highest BCUT2D eigenvalue weighted by molar-refractivity contribution is 5.74. The minimum atomic E-state index is -4.65. The van der Waals surface area contributed by atoms with Crippen molar-refractivity contribution in [3.63, 3.8) is 0 Å². The van der Waals surface area contributed by atoms with Crippen molar-refractivity contribution in [3.8, 4) is 0 Å². The first-order valence-electron chi connectivity index (χ1n) is 5.56. The average Bonchev–Trinajstić information content (AvgIpc) is 2.55. The van der Waals surface area contributed by atoms with E-state index in [1.54, 1.807) is 20.8 Å². The predicted octanol–water partition coefficient (Wildman–Crippen LogP) is 2.39. The highest BCUT2D eigenvalue weighted by atomic mass is 19.4. The van der Waals surface area contributed by atoms with Crippen LogP contribution in [0.1, 0.15) is 39.4 Å². The molecule has 8 heteroatoms. The normalized spacial score (nSPS) is 14.3. The van der Waals surface area contributed by atoms with E-state index in [0.717, 1.165) is 10.9 Å². The molecule has 108 valence electrons. The summed E-state index contributed by atoms with van der Waals surface area (Å²) in [7, 11) is 0. The van der Waals surface area contributed by atoms with E-state index in [1.165, 1.54) is 6.92 Å². The molecular formula is C11H16F3N3O2. The first-order chi connectivity index (χ1) is 8.42. The van der Waals surface area contributed by atoms with Gasteiger partial charge in [-0.3, -0.25) is 4.68 Å². The van der Waals surface area contributed by atoms with Crippen LogP contribution in [0.2, 0.25) is 0 Å². The van der Waals surface area contributed by atoms with Crippen LogP contribution in [0.4, 0.5) is 18.9 Å². The van der Waals surface area contributed by atoms with Gasteiger partial charge in [0.05, 0.1) is 5.69 Å². The predicted molar refractivity (Wildman–Crippen MR) is 62.2 cm³/mol. The maximum Gasteiger partial charge on any atom is 0.437 e. The van der Waals surface area contributed by atoms with E-state index in [4.69, 9.17) is 10.5 Å². The number of hydrogen-bond donors (Lipinski definition) is 1. The van der Waals surface area contributed by atoms with Gasteiger partial charge >= 0.3 is 12.1 Å². The molecule has 1 aromatic rings. The van der Waals surface area contributed by atoms with Crippen molar-refractivity contribution in [3.05, 3.63) is 11.9 Å². The number of nitrogen functional groups attached to an aromatic ring is 1. The summed E-state index contributed by atoms with van der Waals surface area (Å²) >= 11 is 0. The lowest BCUT2D eigenvalue weighted by atomic mass is 10.2. The van der Waals surface area contributed by atoms with Crippen molar-refractivity contribution in [1.82, 2.24) is 9.78 Å². The third-order valence-corrected chi connectivity index (χ3v) is 2.17. The molecule has 0 aliphatic rings. The molecule has 0 aromatic carbocycles. The fourth-order valence-electron chi connectivity index (χ4n) is 1.32. The van der Waals surface area contributed by atoms with Gasteiger partial charge in [0.25, 0.3) is 0 Å². The monoisotopic (exact) mass is 279 g/mol. The minimum Gasteiger partial charge on any atom is -0.458 e. The number of nitrogens with two attached hydrogens (primary N) is 1. The molecule has 0 spiro atoms. The summed E-state index contributed by atoms with van der Waals surface area (Å²) in [6.07, 6.45) is -3.68. The second-order valence-corrected chi connectivity index (χ2v) is 5.12. The van der Waals surface area contributed by atoms with Gasteiger partial charge in [-0.05, 0) is 27.7 Å². The average molecular weight is 279 g/mol. The number of alkyl halides is 3. The third kappa shape index (κ3) is 3.87. The van der Waals surface area contributed by atoms with Crippen LogP contribution >= 0.6 is 0 Å². The molecule has 1 unspecified atom stereocenters. The Morgan fingerprint density at radius 1 is 1.42 bits per heavy atom. The Kier molecular flexibility index (Phi) is 3.83. The third-order valence-electron chi connectivity index (χ3n) is 2.17. The van der Waals surface area contributed by atoms with E-state index in [9.17, 15) is 18.0 Å². The van der Waals surface area contributed by atoms with Crippen molar-refractivity contribution >= 4 is 11.7 Å². The van der Waals surface area contributed by atoms with Crippen LogP contribution in [0.3, 0.4) is 0 Å². The Morgan fingerprint density at radius 3 is 2.32 bits per heavy atom. The molecule has 0 amide bonds. The number of carbonyl (C=O) groups excluding carboxylic acids is 1.